The van der Waals surface area contributed by atoms with Gasteiger partial charge in [0.2, 0.25) is 0 Å². The van der Waals surface area contributed by atoms with Gasteiger partial charge in [0.25, 0.3) is 0 Å². The lowest BCUT2D eigenvalue weighted by molar-refractivity contribution is 0.0214. The van der Waals surface area contributed by atoms with Crippen molar-refractivity contribution in [2.24, 2.45) is 5.92 Å². The number of hydrogen-bond acceptors (Lipinski definition) is 3. The fourth-order valence-electron chi connectivity index (χ4n) is 2.43. The van der Waals surface area contributed by atoms with E-state index in [-0.39, 0.29) is 12.1 Å². The van der Waals surface area contributed by atoms with Crippen molar-refractivity contribution in [3.8, 4) is 0 Å². The van der Waals surface area contributed by atoms with Crippen LogP contribution in [0.3, 0.4) is 0 Å². The highest BCUT2D eigenvalue weighted by molar-refractivity contribution is 5.69. The molecular weight excluding hydrogens is 242 g/mol. The summed E-state index contributed by atoms with van der Waals surface area (Å²) in [6, 6.07) is -0.00134. The van der Waals surface area contributed by atoms with Gasteiger partial charge in [-0.25, -0.2) is 9.78 Å². The summed E-state index contributed by atoms with van der Waals surface area (Å²) in [5.41, 5.74) is 0.547. The number of hydrogen-bond donors (Lipinski definition) is 1. The Morgan fingerprint density at radius 3 is 2.74 bits per heavy atom. The van der Waals surface area contributed by atoms with E-state index in [0.29, 0.717) is 5.92 Å². The first-order valence-electron chi connectivity index (χ1n) is 6.77. The van der Waals surface area contributed by atoms with Crippen molar-refractivity contribution in [3.05, 3.63) is 17.7 Å². The van der Waals surface area contributed by atoms with Crippen LogP contribution in [-0.4, -0.2) is 33.1 Å². The second kappa shape index (κ2) is 4.87. The number of carbonyl (C=O) groups is 1. The molecule has 19 heavy (non-hydrogen) atoms. The van der Waals surface area contributed by atoms with Crippen molar-refractivity contribution in [2.45, 2.75) is 52.7 Å². The molecule has 106 valence electrons. The first-order chi connectivity index (χ1) is 8.76. The molecule has 0 unspecified atom stereocenters. The molecule has 1 aromatic heterocycles. The van der Waals surface area contributed by atoms with Crippen LogP contribution < -0.4 is 0 Å². The summed E-state index contributed by atoms with van der Waals surface area (Å²) in [6.45, 7) is 10.5. The van der Waals surface area contributed by atoms with Gasteiger partial charge in [0.05, 0.1) is 6.04 Å². The van der Waals surface area contributed by atoms with Crippen LogP contribution in [-0.2, 0) is 4.74 Å². The number of H-pyrrole nitrogens is 1. The largest absolute Gasteiger partial charge is 0.444 e. The summed E-state index contributed by atoms with van der Waals surface area (Å²) in [5, 5.41) is 0. The first-order valence-corrected chi connectivity index (χ1v) is 6.77. The number of imidazole rings is 1. The van der Waals surface area contributed by atoms with Crippen molar-refractivity contribution in [2.75, 3.05) is 6.54 Å². The SMILES string of the molecule is Cc1cnc([C@@H]2C[C@H](C)CN2C(=O)OC(C)(C)C)[nH]1. The lowest BCUT2D eigenvalue weighted by Gasteiger charge is -2.27. The fourth-order valence-corrected chi connectivity index (χ4v) is 2.43. The zero-order valence-corrected chi connectivity index (χ0v) is 12.4. The zero-order chi connectivity index (χ0) is 14.2. The minimum atomic E-state index is -0.466. The van der Waals surface area contributed by atoms with E-state index in [1.165, 1.54) is 0 Å². The molecule has 5 nitrogen and oxygen atoms in total. The molecule has 1 N–H and O–H groups in total. The van der Waals surface area contributed by atoms with Crippen LogP contribution in [0.1, 0.15) is 51.7 Å². The third-order valence-corrected chi connectivity index (χ3v) is 3.18. The van der Waals surface area contributed by atoms with Gasteiger partial charge in [-0.3, -0.25) is 4.90 Å². The predicted octanol–water partition coefficient (Wildman–Crippen LogP) is 3.04. The van der Waals surface area contributed by atoms with E-state index in [1.807, 2.05) is 27.7 Å². The van der Waals surface area contributed by atoms with Crippen LogP contribution >= 0.6 is 0 Å². The van der Waals surface area contributed by atoms with E-state index in [4.69, 9.17) is 4.74 Å². The lowest BCUT2D eigenvalue weighted by atomic mass is 10.1. The molecule has 2 rings (SSSR count). The number of aryl methyl sites for hydroxylation is 1. The van der Waals surface area contributed by atoms with Gasteiger partial charge in [-0.1, -0.05) is 6.92 Å². The number of ether oxygens (including phenoxy) is 1. The number of likely N-dealkylation sites (tertiary alicyclic amines) is 1. The molecule has 0 aliphatic carbocycles. The second-order valence-corrected chi connectivity index (χ2v) is 6.44. The third kappa shape index (κ3) is 3.28. The molecule has 1 aromatic rings. The van der Waals surface area contributed by atoms with Crippen molar-refractivity contribution < 1.29 is 9.53 Å². The van der Waals surface area contributed by atoms with E-state index in [1.54, 1.807) is 11.1 Å². The van der Waals surface area contributed by atoms with Crippen LogP contribution in [0.4, 0.5) is 4.79 Å². The first kappa shape index (κ1) is 13.9. The quantitative estimate of drug-likeness (QED) is 0.849. The Balaban J connectivity index is 2.16. The predicted molar refractivity (Wildman–Crippen MR) is 72.8 cm³/mol. The third-order valence-electron chi connectivity index (χ3n) is 3.18. The Morgan fingerprint density at radius 2 is 2.21 bits per heavy atom. The van der Waals surface area contributed by atoms with Gasteiger partial charge in [-0.15, -0.1) is 0 Å². The average Bonchev–Trinajstić information content (AvgIpc) is 2.81. The van der Waals surface area contributed by atoms with Crippen LogP contribution in [0.2, 0.25) is 0 Å². The molecule has 1 aliphatic heterocycles. The summed E-state index contributed by atoms with van der Waals surface area (Å²) in [7, 11) is 0. The van der Waals surface area contributed by atoms with E-state index in [9.17, 15) is 4.79 Å². The zero-order valence-electron chi connectivity index (χ0n) is 12.4. The Hall–Kier alpha value is -1.52. The molecule has 1 aliphatic rings. The van der Waals surface area contributed by atoms with Gasteiger partial charge in [-0.2, -0.15) is 0 Å². The van der Waals surface area contributed by atoms with Gasteiger partial charge in [0.1, 0.15) is 11.4 Å². The molecule has 2 heterocycles. The fraction of sp³-hybridized carbons (Fsp3) is 0.714. The summed E-state index contributed by atoms with van der Waals surface area (Å²) < 4.78 is 5.47. The summed E-state index contributed by atoms with van der Waals surface area (Å²) >= 11 is 0. The van der Waals surface area contributed by atoms with Gasteiger partial charge < -0.3 is 9.72 Å². The second-order valence-electron chi connectivity index (χ2n) is 6.44. The standard InChI is InChI=1S/C14H23N3O2/c1-9-6-11(12-15-7-10(2)16-12)17(8-9)13(18)19-14(3,4)5/h7,9,11H,6,8H2,1-5H3,(H,15,16)/t9-,11-/m0/s1. The van der Waals surface area contributed by atoms with Gasteiger partial charge in [-0.05, 0) is 40.0 Å². The summed E-state index contributed by atoms with van der Waals surface area (Å²) in [4.78, 5) is 21.6. The molecular formula is C14H23N3O2. The Bertz CT molecular complexity index is 462. The highest BCUT2D eigenvalue weighted by atomic mass is 16.6. The number of nitrogens with one attached hydrogen (secondary N) is 1. The molecule has 2 atom stereocenters. The van der Waals surface area contributed by atoms with E-state index in [0.717, 1.165) is 24.5 Å². The summed E-state index contributed by atoms with van der Waals surface area (Å²) in [6.07, 6.45) is 2.47. The molecule has 0 radical (unpaired) electrons. The highest BCUT2D eigenvalue weighted by Gasteiger charge is 2.37. The minimum Gasteiger partial charge on any atom is -0.444 e. The number of amides is 1. The highest BCUT2D eigenvalue weighted by Crippen LogP contribution is 2.34. The smallest absolute Gasteiger partial charge is 0.410 e. The van der Waals surface area contributed by atoms with E-state index < -0.39 is 5.60 Å². The van der Waals surface area contributed by atoms with Crippen LogP contribution in [0.25, 0.3) is 0 Å². The number of aromatic nitrogens is 2. The summed E-state index contributed by atoms with van der Waals surface area (Å²) in [5.74, 6) is 1.32. The monoisotopic (exact) mass is 265 g/mol. The van der Waals surface area contributed by atoms with Crippen molar-refractivity contribution in [1.29, 1.82) is 0 Å². The molecule has 0 bridgehead atoms. The van der Waals surface area contributed by atoms with E-state index in [2.05, 4.69) is 16.9 Å². The van der Waals surface area contributed by atoms with Crippen LogP contribution in [0.15, 0.2) is 6.20 Å². The van der Waals surface area contributed by atoms with Crippen LogP contribution in [0.5, 0.6) is 0 Å². The molecule has 1 amide bonds. The Kier molecular flexibility index (Phi) is 3.56. The lowest BCUT2D eigenvalue weighted by Crippen LogP contribution is -2.37. The van der Waals surface area contributed by atoms with Gasteiger partial charge in [0.15, 0.2) is 0 Å². The number of aromatic amines is 1. The topological polar surface area (TPSA) is 58.2 Å². The van der Waals surface area contributed by atoms with Gasteiger partial charge >= 0.3 is 6.09 Å². The maximum Gasteiger partial charge on any atom is 0.410 e. The average molecular weight is 265 g/mol. The number of carbonyl (C=O) groups excluding carboxylic acids is 1. The molecule has 0 spiro atoms. The molecule has 0 aromatic carbocycles. The molecule has 1 fully saturated rings. The van der Waals surface area contributed by atoms with Gasteiger partial charge in [0, 0.05) is 18.4 Å². The minimum absolute atomic E-state index is 0.00134. The number of rotatable bonds is 1. The normalized spacial score (nSPS) is 23.7. The maximum atomic E-state index is 12.3. The Labute approximate surface area is 114 Å². The van der Waals surface area contributed by atoms with Crippen molar-refractivity contribution in [1.82, 2.24) is 14.9 Å². The maximum absolute atomic E-state index is 12.3. The molecule has 0 saturated carbocycles. The van der Waals surface area contributed by atoms with Crippen LogP contribution in [0, 0.1) is 12.8 Å². The molecule has 5 heteroatoms. The number of nitrogens with zero attached hydrogens (tertiary/aromatic N) is 2. The Morgan fingerprint density at radius 1 is 1.53 bits per heavy atom. The van der Waals surface area contributed by atoms with E-state index >= 15 is 0 Å². The van der Waals surface area contributed by atoms with Crippen molar-refractivity contribution in [3.63, 3.8) is 0 Å². The molecule has 1 saturated heterocycles. The van der Waals surface area contributed by atoms with Crippen molar-refractivity contribution >= 4 is 6.09 Å².